The maximum absolute atomic E-state index is 11.6. The molecule has 1 N–H and O–H groups in total. The number of likely N-dealkylation sites (tertiary alicyclic amines) is 1. The van der Waals surface area contributed by atoms with Gasteiger partial charge in [0, 0.05) is 15.8 Å². The van der Waals surface area contributed by atoms with Crippen LogP contribution in [0.4, 0.5) is 0 Å². The van der Waals surface area contributed by atoms with Crippen molar-refractivity contribution in [1.82, 2.24) is 4.90 Å². The molecule has 0 saturated carbocycles. The summed E-state index contributed by atoms with van der Waals surface area (Å²) < 4.78 is 0. The normalized spacial score (nSPS) is 20.3. The van der Waals surface area contributed by atoms with Crippen LogP contribution in [0.15, 0.2) is 12.1 Å². The van der Waals surface area contributed by atoms with Crippen molar-refractivity contribution in [2.45, 2.75) is 58.9 Å². The number of carbonyl (C=O) groups is 1. The van der Waals surface area contributed by atoms with Crippen molar-refractivity contribution in [3.63, 3.8) is 0 Å². The molecule has 1 aromatic heterocycles. The number of thiophene rings is 1. The molecule has 2 heterocycles. The van der Waals surface area contributed by atoms with Crippen molar-refractivity contribution >= 4 is 17.3 Å². The number of rotatable bonds is 6. The SMILES string of the molecule is CCCC1(C(=O)O)CCN(C(C)c2ccc(CC)s2)CC1. The summed E-state index contributed by atoms with van der Waals surface area (Å²) in [6.45, 7) is 8.31. The van der Waals surface area contributed by atoms with Crippen molar-refractivity contribution in [2.75, 3.05) is 13.1 Å². The summed E-state index contributed by atoms with van der Waals surface area (Å²) in [6, 6.07) is 4.86. The first-order chi connectivity index (χ1) is 10.0. The molecular formula is C17H27NO2S. The van der Waals surface area contributed by atoms with Gasteiger partial charge in [0.05, 0.1) is 5.41 Å². The lowest BCUT2D eigenvalue weighted by Crippen LogP contribution is -2.45. The van der Waals surface area contributed by atoms with Crippen LogP contribution in [0.1, 0.15) is 62.3 Å². The first kappa shape index (κ1) is 16.5. The molecule has 4 heteroatoms. The van der Waals surface area contributed by atoms with Gasteiger partial charge < -0.3 is 5.11 Å². The third-order valence-corrected chi connectivity index (χ3v) is 6.33. The van der Waals surface area contributed by atoms with E-state index in [1.807, 2.05) is 11.3 Å². The summed E-state index contributed by atoms with van der Waals surface area (Å²) >= 11 is 1.89. The molecule has 1 saturated heterocycles. The molecule has 0 amide bonds. The molecule has 21 heavy (non-hydrogen) atoms. The molecule has 0 radical (unpaired) electrons. The van der Waals surface area contributed by atoms with Gasteiger partial charge in [-0.3, -0.25) is 9.69 Å². The molecule has 0 spiro atoms. The number of aliphatic carboxylic acids is 1. The predicted molar refractivity (Wildman–Crippen MR) is 87.9 cm³/mol. The number of hydrogen-bond acceptors (Lipinski definition) is 3. The first-order valence-corrected chi connectivity index (χ1v) is 8.90. The monoisotopic (exact) mass is 309 g/mol. The van der Waals surface area contributed by atoms with E-state index < -0.39 is 11.4 Å². The average Bonchev–Trinajstić information content (AvgIpc) is 2.96. The van der Waals surface area contributed by atoms with Gasteiger partial charge in [0.1, 0.15) is 0 Å². The van der Waals surface area contributed by atoms with Crippen LogP contribution < -0.4 is 0 Å². The first-order valence-electron chi connectivity index (χ1n) is 8.08. The smallest absolute Gasteiger partial charge is 0.309 e. The van der Waals surface area contributed by atoms with Gasteiger partial charge in [0.2, 0.25) is 0 Å². The van der Waals surface area contributed by atoms with Crippen LogP contribution >= 0.6 is 11.3 Å². The number of piperidine rings is 1. The van der Waals surface area contributed by atoms with Gasteiger partial charge in [0.15, 0.2) is 0 Å². The highest BCUT2D eigenvalue weighted by molar-refractivity contribution is 7.12. The Kier molecular flexibility index (Phi) is 5.44. The van der Waals surface area contributed by atoms with Crippen molar-refractivity contribution < 1.29 is 9.90 Å². The molecule has 0 bridgehead atoms. The van der Waals surface area contributed by atoms with E-state index in [2.05, 4.69) is 37.8 Å². The zero-order valence-electron chi connectivity index (χ0n) is 13.4. The average molecular weight is 309 g/mol. The highest BCUT2D eigenvalue weighted by Gasteiger charge is 2.41. The van der Waals surface area contributed by atoms with E-state index in [0.29, 0.717) is 6.04 Å². The Morgan fingerprint density at radius 2 is 2.05 bits per heavy atom. The number of carboxylic acids is 1. The Morgan fingerprint density at radius 3 is 2.52 bits per heavy atom. The second-order valence-corrected chi connectivity index (χ2v) is 7.40. The molecule has 1 aliphatic rings. The number of nitrogens with zero attached hydrogens (tertiary/aromatic N) is 1. The molecule has 1 fully saturated rings. The minimum absolute atomic E-state index is 0.406. The van der Waals surface area contributed by atoms with Crippen LogP contribution in [0.5, 0.6) is 0 Å². The maximum atomic E-state index is 11.6. The molecular weight excluding hydrogens is 282 g/mol. The predicted octanol–water partition coefficient (Wildman–Crippen LogP) is 4.34. The molecule has 3 nitrogen and oxygen atoms in total. The maximum Gasteiger partial charge on any atom is 0.309 e. The molecule has 1 aromatic rings. The lowest BCUT2D eigenvalue weighted by Gasteiger charge is -2.41. The van der Waals surface area contributed by atoms with Crippen molar-refractivity contribution in [2.24, 2.45) is 5.41 Å². The van der Waals surface area contributed by atoms with Crippen molar-refractivity contribution in [1.29, 1.82) is 0 Å². The van der Waals surface area contributed by atoms with E-state index in [1.54, 1.807) is 0 Å². The van der Waals surface area contributed by atoms with E-state index >= 15 is 0 Å². The summed E-state index contributed by atoms with van der Waals surface area (Å²) in [7, 11) is 0. The van der Waals surface area contributed by atoms with Gasteiger partial charge in [-0.2, -0.15) is 0 Å². The van der Waals surface area contributed by atoms with Crippen LogP contribution in [0, 0.1) is 5.41 Å². The van der Waals surface area contributed by atoms with Crippen LogP contribution in [-0.2, 0) is 11.2 Å². The lowest BCUT2D eigenvalue weighted by molar-refractivity contribution is -0.153. The van der Waals surface area contributed by atoms with Gasteiger partial charge in [-0.05, 0) is 57.8 Å². The largest absolute Gasteiger partial charge is 0.481 e. The molecule has 1 aliphatic heterocycles. The Hall–Kier alpha value is -0.870. The third-order valence-electron chi connectivity index (χ3n) is 4.93. The van der Waals surface area contributed by atoms with Crippen LogP contribution in [0.25, 0.3) is 0 Å². The summed E-state index contributed by atoms with van der Waals surface area (Å²) in [5.41, 5.74) is -0.477. The molecule has 0 aromatic carbocycles. The highest BCUT2D eigenvalue weighted by atomic mass is 32.1. The van der Waals surface area contributed by atoms with E-state index in [4.69, 9.17) is 0 Å². The summed E-state index contributed by atoms with van der Waals surface area (Å²) in [4.78, 5) is 16.9. The Morgan fingerprint density at radius 1 is 1.38 bits per heavy atom. The fourth-order valence-electron chi connectivity index (χ4n) is 3.38. The van der Waals surface area contributed by atoms with Gasteiger partial charge in [-0.15, -0.1) is 11.3 Å². The Bertz CT molecular complexity index is 475. The van der Waals surface area contributed by atoms with E-state index in [0.717, 1.165) is 45.2 Å². The van der Waals surface area contributed by atoms with E-state index in [-0.39, 0.29) is 0 Å². The molecule has 1 unspecified atom stereocenters. The summed E-state index contributed by atoms with van der Waals surface area (Å²) in [5, 5.41) is 9.58. The molecule has 2 rings (SSSR count). The number of hydrogen-bond donors (Lipinski definition) is 1. The van der Waals surface area contributed by atoms with Crippen LogP contribution in [0.2, 0.25) is 0 Å². The molecule has 1 atom stereocenters. The lowest BCUT2D eigenvalue weighted by atomic mass is 9.75. The quantitative estimate of drug-likeness (QED) is 0.850. The van der Waals surface area contributed by atoms with E-state index in [1.165, 1.54) is 9.75 Å². The number of carboxylic acid groups (broad SMARTS) is 1. The van der Waals surface area contributed by atoms with Crippen molar-refractivity contribution in [3.8, 4) is 0 Å². The number of aryl methyl sites for hydroxylation is 1. The van der Waals surface area contributed by atoms with E-state index in [9.17, 15) is 9.90 Å². The second-order valence-electron chi connectivity index (χ2n) is 6.21. The van der Waals surface area contributed by atoms with Crippen molar-refractivity contribution in [3.05, 3.63) is 21.9 Å². The molecule has 0 aliphatic carbocycles. The summed E-state index contributed by atoms with van der Waals surface area (Å²) in [5.74, 6) is -0.596. The minimum Gasteiger partial charge on any atom is -0.481 e. The minimum atomic E-state index is -0.596. The molecule has 118 valence electrons. The van der Waals surface area contributed by atoms with Crippen LogP contribution in [0.3, 0.4) is 0 Å². The van der Waals surface area contributed by atoms with Gasteiger partial charge in [-0.25, -0.2) is 0 Å². The third kappa shape index (κ3) is 3.49. The summed E-state index contributed by atoms with van der Waals surface area (Å²) in [6.07, 6.45) is 4.42. The van der Waals surface area contributed by atoms with Gasteiger partial charge in [0.25, 0.3) is 0 Å². The zero-order valence-corrected chi connectivity index (χ0v) is 14.2. The highest BCUT2D eigenvalue weighted by Crippen LogP contribution is 2.39. The topological polar surface area (TPSA) is 40.5 Å². The Labute approximate surface area is 132 Å². The van der Waals surface area contributed by atoms with Gasteiger partial charge in [-0.1, -0.05) is 20.3 Å². The zero-order chi connectivity index (χ0) is 15.5. The second kappa shape index (κ2) is 6.93. The Balaban J connectivity index is 2.01. The van der Waals surface area contributed by atoms with Gasteiger partial charge >= 0.3 is 5.97 Å². The fraction of sp³-hybridized carbons (Fsp3) is 0.706. The standard InChI is InChI=1S/C17H27NO2S/c1-4-8-17(16(19)20)9-11-18(12-10-17)13(3)15-7-6-14(5-2)21-15/h6-7,13H,4-5,8-12H2,1-3H3,(H,19,20). The fourth-order valence-corrected chi connectivity index (χ4v) is 4.42. The van der Waals surface area contributed by atoms with Crippen LogP contribution in [-0.4, -0.2) is 29.1 Å².